The van der Waals surface area contributed by atoms with E-state index in [-0.39, 0.29) is 11.9 Å². The molecule has 2 aromatic rings. The Morgan fingerprint density at radius 1 is 1.29 bits per heavy atom. The highest BCUT2D eigenvalue weighted by molar-refractivity contribution is 5.72. The summed E-state index contributed by atoms with van der Waals surface area (Å²) in [7, 11) is 3.42. The quantitative estimate of drug-likeness (QED) is 0.808. The Bertz CT molecular complexity index is 715. The molecular formula is C19H25N3O2. The molecule has 3 rings (SSSR count). The lowest BCUT2D eigenvalue weighted by molar-refractivity contribution is -0.146. The van der Waals surface area contributed by atoms with Gasteiger partial charge in [0.2, 0.25) is 0 Å². The molecule has 0 bridgehead atoms. The van der Waals surface area contributed by atoms with Gasteiger partial charge in [0.25, 0.3) is 0 Å². The number of rotatable bonds is 4. The molecule has 5 heteroatoms. The molecule has 0 aromatic carbocycles. The fourth-order valence-electron chi connectivity index (χ4n) is 3.73. The van der Waals surface area contributed by atoms with Gasteiger partial charge >= 0.3 is 5.97 Å². The van der Waals surface area contributed by atoms with Crippen molar-refractivity contribution < 1.29 is 9.53 Å². The molecule has 1 fully saturated rings. The summed E-state index contributed by atoms with van der Waals surface area (Å²) in [4.78, 5) is 16.0. The normalized spacial score (nSPS) is 20.8. The van der Waals surface area contributed by atoms with Crippen molar-refractivity contribution in [2.24, 2.45) is 18.9 Å². The predicted octanol–water partition coefficient (Wildman–Crippen LogP) is 3.31. The summed E-state index contributed by atoms with van der Waals surface area (Å²) in [5, 5.41) is 4.41. The number of nitrogens with zero attached hydrogens (tertiary/aromatic N) is 3. The van der Waals surface area contributed by atoms with Gasteiger partial charge in [0.1, 0.15) is 0 Å². The van der Waals surface area contributed by atoms with Crippen LogP contribution in [0.1, 0.15) is 36.9 Å². The zero-order valence-electron chi connectivity index (χ0n) is 14.7. The molecular weight excluding hydrogens is 302 g/mol. The van der Waals surface area contributed by atoms with Gasteiger partial charge in [-0.15, -0.1) is 0 Å². The van der Waals surface area contributed by atoms with E-state index in [1.165, 1.54) is 12.7 Å². The van der Waals surface area contributed by atoms with Crippen molar-refractivity contribution >= 4 is 5.97 Å². The van der Waals surface area contributed by atoms with Crippen LogP contribution >= 0.6 is 0 Å². The molecule has 0 spiro atoms. The second kappa shape index (κ2) is 7.16. The van der Waals surface area contributed by atoms with E-state index in [1.807, 2.05) is 37.2 Å². The van der Waals surface area contributed by atoms with Crippen LogP contribution in [0.25, 0.3) is 11.1 Å². The van der Waals surface area contributed by atoms with E-state index in [1.54, 1.807) is 0 Å². The average molecular weight is 327 g/mol. The highest BCUT2D eigenvalue weighted by atomic mass is 16.5. The molecule has 2 heterocycles. The summed E-state index contributed by atoms with van der Waals surface area (Å²) >= 11 is 0. The predicted molar refractivity (Wildman–Crippen MR) is 92.3 cm³/mol. The van der Waals surface area contributed by atoms with Gasteiger partial charge in [-0.25, -0.2) is 0 Å². The van der Waals surface area contributed by atoms with Crippen molar-refractivity contribution in [3.05, 3.63) is 35.9 Å². The van der Waals surface area contributed by atoms with E-state index in [0.717, 1.165) is 48.9 Å². The van der Waals surface area contributed by atoms with E-state index < -0.39 is 0 Å². The molecule has 0 unspecified atom stereocenters. The summed E-state index contributed by atoms with van der Waals surface area (Å²) in [6.45, 7) is 2.02. The molecule has 24 heavy (non-hydrogen) atoms. The van der Waals surface area contributed by atoms with Gasteiger partial charge in [-0.1, -0.05) is 0 Å². The number of hydrogen-bond donors (Lipinski definition) is 0. The van der Waals surface area contributed by atoms with Crippen molar-refractivity contribution in [3.63, 3.8) is 0 Å². The van der Waals surface area contributed by atoms with Crippen LogP contribution in [-0.2, 0) is 23.0 Å². The summed E-state index contributed by atoms with van der Waals surface area (Å²) in [6, 6.07) is 2.23. The first-order valence-corrected chi connectivity index (χ1v) is 8.59. The van der Waals surface area contributed by atoms with Gasteiger partial charge in [0.05, 0.1) is 18.7 Å². The lowest BCUT2D eigenvalue weighted by Crippen LogP contribution is -2.23. The Hall–Kier alpha value is -2.17. The smallest absolute Gasteiger partial charge is 0.308 e. The molecule has 0 atom stereocenters. The minimum absolute atomic E-state index is 0.0517. The highest BCUT2D eigenvalue weighted by Crippen LogP contribution is 2.32. The first-order valence-electron chi connectivity index (χ1n) is 8.59. The second-order valence-corrected chi connectivity index (χ2v) is 6.83. The topological polar surface area (TPSA) is 57.0 Å². The van der Waals surface area contributed by atoms with Gasteiger partial charge in [-0.2, -0.15) is 5.10 Å². The SMILES string of the molecule is COC(=O)[C@H]1CC[C@H](Cc2cncc(-c3cn(C)nc3C)c2)CC1. The van der Waals surface area contributed by atoms with Crippen LogP contribution in [-0.4, -0.2) is 27.8 Å². The van der Waals surface area contributed by atoms with Crippen molar-refractivity contribution in [2.45, 2.75) is 39.0 Å². The number of hydrogen-bond acceptors (Lipinski definition) is 4. The van der Waals surface area contributed by atoms with E-state index in [4.69, 9.17) is 4.74 Å². The molecule has 0 saturated heterocycles. The third-order valence-electron chi connectivity index (χ3n) is 5.02. The number of methoxy groups -OCH3 is 1. The van der Waals surface area contributed by atoms with Gasteiger partial charge in [0, 0.05) is 36.8 Å². The molecule has 1 saturated carbocycles. The molecule has 5 nitrogen and oxygen atoms in total. The van der Waals surface area contributed by atoms with Crippen molar-refractivity contribution in [1.82, 2.24) is 14.8 Å². The van der Waals surface area contributed by atoms with Crippen molar-refractivity contribution in [1.29, 1.82) is 0 Å². The number of aryl methyl sites for hydroxylation is 2. The van der Waals surface area contributed by atoms with E-state index in [0.29, 0.717) is 5.92 Å². The van der Waals surface area contributed by atoms with Crippen LogP contribution in [0.3, 0.4) is 0 Å². The fourth-order valence-corrected chi connectivity index (χ4v) is 3.73. The third-order valence-corrected chi connectivity index (χ3v) is 5.02. The third kappa shape index (κ3) is 3.66. The van der Waals surface area contributed by atoms with Crippen LogP contribution in [0.4, 0.5) is 0 Å². The molecule has 0 radical (unpaired) electrons. The number of pyridine rings is 1. The molecule has 128 valence electrons. The van der Waals surface area contributed by atoms with Crippen LogP contribution in [0.2, 0.25) is 0 Å². The zero-order valence-corrected chi connectivity index (χ0v) is 14.7. The van der Waals surface area contributed by atoms with Crippen molar-refractivity contribution in [3.8, 4) is 11.1 Å². The van der Waals surface area contributed by atoms with Crippen LogP contribution in [0.15, 0.2) is 24.7 Å². The standard InChI is InChI=1S/C19H25N3O2/c1-13-18(12-22(2)21-13)17-9-15(10-20-11-17)8-14-4-6-16(7-5-14)19(23)24-3/h9-12,14,16H,4-8H2,1-3H3/t14-,16-. The zero-order chi connectivity index (χ0) is 17.1. The minimum atomic E-state index is -0.0517. The molecule has 1 aliphatic carbocycles. The maximum atomic E-state index is 11.6. The minimum Gasteiger partial charge on any atom is -0.469 e. The average Bonchev–Trinajstić information content (AvgIpc) is 2.93. The van der Waals surface area contributed by atoms with Gasteiger partial charge in [0.15, 0.2) is 0 Å². The number of esters is 1. The van der Waals surface area contributed by atoms with Gasteiger partial charge < -0.3 is 4.74 Å². The number of ether oxygens (including phenoxy) is 1. The van der Waals surface area contributed by atoms with Crippen LogP contribution < -0.4 is 0 Å². The largest absolute Gasteiger partial charge is 0.469 e. The van der Waals surface area contributed by atoms with Crippen LogP contribution in [0, 0.1) is 18.8 Å². The molecule has 2 aromatic heterocycles. The molecule has 1 aliphatic rings. The van der Waals surface area contributed by atoms with Gasteiger partial charge in [-0.3, -0.25) is 14.5 Å². The summed E-state index contributed by atoms with van der Waals surface area (Å²) < 4.78 is 6.70. The molecule has 0 N–H and O–H groups in total. The number of carbonyl (C=O) groups is 1. The second-order valence-electron chi connectivity index (χ2n) is 6.83. The lowest BCUT2D eigenvalue weighted by atomic mass is 9.79. The lowest BCUT2D eigenvalue weighted by Gasteiger charge is -2.26. The first-order chi connectivity index (χ1) is 11.6. The number of aromatic nitrogens is 3. The number of carbonyl (C=O) groups excluding carboxylic acids is 1. The maximum Gasteiger partial charge on any atom is 0.308 e. The Morgan fingerprint density at radius 3 is 2.67 bits per heavy atom. The Kier molecular flexibility index (Phi) is 4.97. The summed E-state index contributed by atoms with van der Waals surface area (Å²) in [6.07, 6.45) is 11.0. The molecule has 0 amide bonds. The highest BCUT2D eigenvalue weighted by Gasteiger charge is 2.27. The Balaban J connectivity index is 1.66. The molecule has 0 aliphatic heterocycles. The van der Waals surface area contributed by atoms with Crippen LogP contribution in [0.5, 0.6) is 0 Å². The van der Waals surface area contributed by atoms with Gasteiger partial charge in [-0.05, 0) is 56.6 Å². The summed E-state index contributed by atoms with van der Waals surface area (Å²) in [5.74, 6) is 0.663. The summed E-state index contributed by atoms with van der Waals surface area (Å²) in [5.41, 5.74) is 4.55. The maximum absolute atomic E-state index is 11.6. The van der Waals surface area contributed by atoms with E-state index in [2.05, 4.69) is 16.1 Å². The fraction of sp³-hybridized carbons (Fsp3) is 0.526. The first kappa shape index (κ1) is 16.7. The Labute approximate surface area is 143 Å². The van der Waals surface area contributed by atoms with Crippen molar-refractivity contribution in [2.75, 3.05) is 7.11 Å². The monoisotopic (exact) mass is 327 g/mol. The van der Waals surface area contributed by atoms with E-state index in [9.17, 15) is 4.79 Å². The Morgan fingerprint density at radius 2 is 2.04 bits per heavy atom. The van der Waals surface area contributed by atoms with E-state index >= 15 is 0 Å².